The van der Waals surface area contributed by atoms with Gasteiger partial charge in [0.05, 0.1) is 22.8 Å². The molecular weight excluding hydrogens is 285 g/mol. The second-order valence-electron chi connectivity index (χ2n) is 8.46. The van der Waals surface area contributed by atoms with Crippen molar-refractivity contribution < 1.29 is 9.31 Å². The lowest BCUT2D eigenvalue weighted by atomic mass is 9.79. The number of benzene rings is 1. The molecule has 0 atom stereocenters. The van der Waals surface area contributed by atoms with Gasteiger partial charge in [-0.15, -0.1) is 0 Å². The van der Waals surface area contributed by atoms with Crippen LogP contribution in [0.1, 0.15) is 65.2 Å². The third-order valence-corrected chi connectivity index (χ3v) is 5.05. The topological polar surface area (TPSA) is 42.2 Å². The van der Waals surface area contributed by atoms with Crippen molar-refractivity contribution in [3.05, 3.63) is 34.9 Å². The van der Waals surface area contributed by atoms with Gasteiger partial charge in [0.2, 0.25) is 0 Å². The van der Waals surface area contributed by atoms with Crippen LogP contribution < -0.4 is 0 Å². The van der Waals surface area contributed by atoms with Crippen molar-refractivity contribution in [1.29, 1.82) is 5.26 Å². The highest BCUT2D eigenvalue weighted by Crippen LogP contribution is 2.38. The summed E-state index contributed by atoms with van der Waals surface area (Å²) in [6.45, 7) is 14.7. The normalized spacial score (nSPS) is 19.7. The second kappa shape index (κ2) is 5.96. The van der Waals surface area contributed by atoms with Crippen LogP contribution in [0.4, 0.5) is 0 Å². The molecule has 0 unspecified atom stereocenters. The number of hydrogen-bond acceptors (Lipinski definition) is 3. The van der Waals surface area contributed by atoms with Gasteiger partial charge in [0.25, 0.3) is 0 Å². The monoisotopic (exact) mass is 313 g/mol. The van der Waals surface area contributed by atoms with Gasteiger partial charge in [-0.1, -0.05) is 32.9 Å². The van der Waals surface area contributed by atoms with Gasteiger partial charge in [0, 0.05) is 0 Å². The minimum atomic E-state index is -0.300. The molecule has 2 rings (SSSR count). The highest BCUT2D eigenvalue weighted by Gasteiger charge is 2.50. The third kappa shape index (κ3) is 3.79. The first-order valence-corrected chi connectivity index (χ1v) is 8.35. The highest BCUT2D eigenvalue weighted by atomic mass is 16.7. The van der Waals surface area contributed by atoms with Crippen molar-refractivity contribution in [1.82, 2.24) is 0 Å². The Hall–Kier alpha value is -1.31. The molecule has 1 fully saturated rings. The van der Waals surface area contributed by atoms with Gasteiger partial charge in [-0.2, -0.15) is 5.26 Å². The van der Waals surface area contributed by atoms with Crippen LogP contribution in [0.25, 0.3) is 0 Å². The summed E-state index contributed by atoms with van der Waals surface area (Å²) in [7, 11) is -0.214. The van der Waals surface area contributed by atoms with Crippen molar-refractivity contribution in [3.63, 3.8) is 0 Å². The largest absolute Gasteiger partial charge is 0.458 e. The molecule has 1 aliphatic heterocycles. The average Bonchev–Trinajstić information content (AvgIpc) is 2.63. The molecule has 1 aromatic rings. The van der Waals surface area contributed by atoms with E-state index in [1.165, 1.54) is 5.56 Å². The summed E-state index contributed by atoms with van der Waals surface area (Å²) in [4.78, 5) is 0. The number of nitrogens with zero attached hydrogens (tertiary/aromatic N) is 1. The summed E-state index contributed by atoms with van der Waals surface area (Å²) in [5.74, 6) is 0. The molecule has 23 heavy (non-hydrogen) atoms. The molecule has 0 bridgehead atoms. The third-order valence-electron chi connectivity index (χ3n) is 5.05. The van der Waals surface area contributed by atoms with Crippen molar-refractivity contribution in [2.24, 2.45) is 0 Å². The molecule has 4 heteroatoms. The molecule has 0 saturated carbocycles. The van der Waals surface area contributed by atoms with Crippen molar-refractivity contribution in [3.8, 4) is 6.07 Å². The zero-order valence-corrected chi connectivity index (χ0v) is 15.5. The van der Waals surface area contributed by atoms with Gasteiger partial charge in [-0.3, -0.25) is 0 Å². The molecule has 1 aliphatic rings. The Bertz CT molecular complexity index is 607. The number of aryl methyl sites for hydroxylation is 1. The van der Waals surface area contributed by atoms with E-state index in [1.54, 1.807) is 0 Å². The van der Waals surface area contributed by atoms with Crippen molar-refractivity contribution in [2.45, 2.75) is 77.8 Å². The van der Waals surface area contributed by atoms with Crippen LogP contribution in [0.15, 0.2) is 18.2 Å². The van der Waals surface area contributed by atoms with Crippen LogP contribution in [0.2, 0.25) is 6.32 Å². The molecule has 0 spiro atoms. The van der Waals surface area contributed by atoms with Crippen LogP contribution in [0.5, 0.6) is 0 Å². The lowest BCUT2D eigenvalue weighted by Gasteiger charge is -2.32. The van der Waals surface area contributed by atoms with E-state index >= 15 is 0 Å². The van der Waals surface area contributed by atoms with Crippen LogP contribution in [-0.4, -0.2) is 18.3 Å². The minimum Gasteiger partial charge on any atom is -0.403 e. The maximum absolute atomic E-state index is 9.45. The fourth-order valence-corrected chi connectivity index (χ4v) is 2.72. The molecule has 124 valence electrons. The van der Waals surface area contributed by atoms with Crippen LogP contribution in [0, 0.1) is 11.3 Å². The van der Waals surface area contributed by atoms with Gasteiger partial charge < -0.3 is 9.31 Å². The van der Waals surface area contributed by atoms with Crippen LogP contribution in [-0.2, 0) is 21.1 Å². The van der Waals surface area contributed by atoms with Gasteiger partial charge >= 0.3 is 7.12 Å². The van der Waals surface area contributed by atoms with E-state index in [-0.39, 0.29) is 23.7 Å². The summed E-state index contributed by atoms with van der Waals surface area (Å²) in [6, 6.07) is 8.55. The van der Waals surface area contributed by atoms with Gasteiger partial charge in [0.1, 0.15) is 0 Å². The molecule has 3 nitrogen and oxygen atoms in total. The molecular formula is C19H28BNO2. The predicted octanol–water partition coefficient (Wildman–Crippen LogP) is 4.49. The Kier molecular flexibility index (Phi) is 4.68. The molecule has 0 aromatic heterocycles. The molecule has 1 aromatic carbocycles. The van der Waals surface area contributed by atoms with Gasteiger partial charge in [-0.25, -0.2) is 0 Å². The standard InChI is InChI=1S/C19H28BNO2/c1-17(2,3)16-9-8-14(15(12-16)13-21)10-11-20-22-18(4,5)19(6,7)23-20/h8-9,12H,10-11H2,1-7H3. The Morgan fingerprint density at radius 2 is 1.65 bits per heavy atom. The van der Waals surface area contributed by atoms with E-state index in [9.17, 15) is 5.26 Å². The Morgan fingerprint density at radius 1 is 1.09 bits per heavy atom. The van der Waals surface area contributed by atoms with E-state index in [1.807, 2.05) is 6.07 Å². The summed E-state index contributed by atoms with van der Waals surface area (Å²) >= 11 is 0. The fraction of sp³-hybridized carbons (Fsp3) is 0.632. The molecule has 1 heterocycles. The van der Waals surface area contributed by atoms with E-state index in [2.05, 4.69) is 66.7 Å². The van der Waals surface area contributed by atoms with E-state index in [4.69, 9.17) is 9.31 Å². The summed E-state index contributed by atoms with van der Waals surface area (Å²) < 4.78 is 12.1. The van der Waals surface area contributed by atoms with Gasteiger partial charge in [-0.05, 0) is 63.0 Å². The van der Waals surface area contributed by atoms with Crippen molar-refractivity contribution >= 4 is 7.12 Å². The number of nitriles is 1. The molecule has 1 saturated heterocycles. The molecule has 0 aliphatic carbocycles. The Morgan fingerprint density at radius 3 is 2.13 bits per heavy atom. The zero-order chi connectivity index (χ0) is 17.5. The Balaban J connectivity index is 2.09. The van der Waals surface area contributed by atoms with E-state index in [0.717, 1.165) is 23.9 Å². The quantitative estimate of drug-likeness (QED) is 0.772. The smallest absolute Gasteiger partial charge is 0.403 e. The summed E-state index contributed by atoms with van der Waals surface area (Å²) in [6.07, 6.45) is 1.54. The SMILES string of the molecule is CC(C)(C)c1ccc(CCB2OC(C)(C)C(C)(C)O2)c(C#N)c1. The second-order valence-corrected chi connectivity index (χ2v) is 8.46. The molecule has 0 radical (unpaired) electrons. The fourth-order valence-electron chi connectivity index (χ4n) is 2.72. The van der Waals surface area contributed by atoms with Crippen molar-refractivity contribution in [2.75, 3.05) is 0 Å². The molecule has 0 N–H and O–H groups in total. The van der Waals surface area contributed by atoms with Crippen LogP contribution >= 0.6 is 0 Å². The number of rotatable bonds is 3. The summed E-state index contributed by atoms with van der Waals surface area (Å²) in [5.41, 5.74) is 2.46. The Labute approximate surface area is 141 Å². The average molecular weight is 313 g/mol. The van der Waals surface area contributed by atoms with Crippen LogP contribution in [0.3, 0.4) is 0 Å². The summed E-state index contributed by atoms with van der Waals surface area (Å²) in [5, 5.41) is 9.45. The highest BCUT2D eigenvalue weighted by molar-refractivity contribution is 6.45. The first-order valence-electron chi connectivity index (χ1n) is 8.35. The predicted molar refractivity (Wildman–Crippen MR) is 94.5 cm³/mol. The van der Waals surface area contributed by atoms with Gasteiger partial charge in [0.15, 0.2) is 0 Å². The first kappa shape index (κ1) is 18.0. The minimum absolute atomic E-state index is 0.0514. The van der Waals surface area contributed by atoms with E-state index in [0.29, 0.717) is 0 Å². The number of hydrogen-bond donors (Lipinski definition) is 0. The maximum Gasteiger partial charge on any atom is 0.458 e. The van der Waals surface area contributed by atoms with E-state index < -0.39 is 0 Å². The first-order chi connectivity index (χ1) is 10.5. The molecule has 0 amide bonds. The lowest BCUT2D eigenvalue weighted by molar-refractivity contribution is 0.00578. The maximum atomic E-state index is 9.45. The lowest BCUT2D eigenvalue weighted by Crippen LogP contribution is -2.41. The zero-order valence-electron chi connectivity index (χ0n) is 15.5.